The highest BCUT2D eigenvalue weighted by atomic mass is 16.2. The van der Waals surface area contributed by atoms with Crippen LogP contribution in [0.2, 0.25) is 0 Å². The van der Waals surface area contributed by atoms with Crippen LogP contribution in [0.1, 0.15) is 30.2 Å². The molecule has 144 valence electrons. The second kappa shape index (κ2) is 10.4. The number of aryl methyl sites for hydroxylation is 1. The van der Waals surface area contributed by atoms with Gasteiger partial charge in [-0.2, -0.15) is 0 Å². The van der Waals surface area contributed by atoms with Gasteiger partial charge in [-0.25, -0.2) is 0 Å². The Labute approximate surface area is 159 Å². The number of carbonyl (C=O) groups is 2. The summed E-state index contributed by atoms with van der Waals surface area (Å²) in [6, 6.07) is 12.2. The van der Waals surface area contributed by atoms with Crippen LogP contribution in [0.25, 0.3) is 0 Å². The van der Waals surface area contributed by atoms with Gasteiger partial charge in [0.1, 0.15) is 6.04 Å². The van der Waals surface area contributed by atoms with Crippen LogP contribution in [-0.4, -0.2) is 28.9 Å². The first-order valence-electron chi connectivity index (χ1n) is 9.01. The number of hydrogen-bond donors (Lipinski definition) is 4. The maximum absolute atomic E-state index is 12.2. The molecule has 0 aliphatic rings. The van der Waals surface area contributed by atoms with Crippen molar-refractivity contribution in [3.63, 3.8) is 0 Å². The van der Waals surface area contributed by atoms with Crippen LogP contribution >= 0.6 is 0 Å². The fourth-order valence-corrected chi connectivity index (χ4v) is 2.51. The molecule has 27 heavy (non-hydrogen) atoms. The third-order valence-corrected chi connectivity index (χ3v) is 4.24. The number of rotatable bonds is 9. The molecule has 0 saturated heterocycles. The molecule has 0 aliphatic carbocycles. The highest BCUT2D eigenvalue weighted by molar-refractivity contribution is 5.89. The quantitative estimate of drug-likeness (QED) is 0.516. The monoisotopic (exact) mass is 369 g/mol. The van der Waals surface area contributed by atoms with Crippen molar-refractivity contribution in [2.75, 3.05) is 0 Å². The summed E-state index contributed by atoms with van der Waals surface area (Å²) in [4.78, 5) is 28.5. The van der Waals surface area contributed by atoms with E-state index in [1.165, 1.54) is 0 Å². The standard InChI is InChI=1S/C20H27N5O2/c1-14(19(26)24-13-16-7-9-17(11-21)23-12-16)25-20(27)18(22)10-8-15-5-3-2-4-6-15/h2-7,9,12,14,18H,8,10-11,13,21-22H2,1H3,(H,24,26)(H,25,27)/t14-,18+/m0/s1. The van der Waals surface area contributed by atoms with Gasteiger partial charge in [0.05, 0.1) is 11.7 Å². The Hall–Kier alpha value is -2.77. The zero-order valence-corrected chi connectivity index (χ0v) is 15.5. The highest BCUT2D eigenvalue weighted by Crippen LogP contribution is 2.04. The molecule has 0 bridgehead atoms. The molecule has 0 unspecified atom stereocenters. The van der Waals surface area contributed by atoms with E-state index in [1.54, 1.807) is 13.1 Å². The molecule has 0 fully saturated rings. The first-order valence-corrected chi connectivity index (χ1v) is 9.01. The van der Waals surface area contributed by atoms with Crippen molar-refractivity contribution in [2.45, 2.75) is 44.9 Å². The zero-order chi connectivity index (χ0) is 19.6. The number of nitrogens with one attached hydrogen (secondary N) is 2. The third kappa shape index (κ3) is 6.80. The maximum atomic E-state index is 12.2. The van der Waals surface area contributed by atoms with Crippen LogP contribution in [0.15, 0.2) is 48.7 Å². The first-order chi connectivity index (χ1) is 13.0. The second-order valence-corrected chi connectivity index (χ2v) is 6.44. The molecule has 2 aromatic rings. The first kappa shape index (κ1) is 20.5. The topological polar surface area (TPSA) is 123 Å². The third-order valence-electron chi connectivity index (χ3n) is 4.24. The van der Waals surface area contributed by atoms with Gasteiger partial charge >= 0.3 is 0 Å². The molecule has 1 aromatic heterocycles. The van der Waals surface area contributed by atoms with E-state index in [1.807, 2.05) is 42.5 Å². The summed E-state index contributed by atoms with van der Waals surface area (Å²) in [6.45, 7) is 2.34. The van der Waals surface area contributed by atoms with Crippen LogP contribution in [-0.2, 0) is 29.1 Å². The van der Waals surface area contributed by atoms with E-state index in [0.29, 0.717) is 25.9 Å². The second-order valence-electron chi connectivity index (χ2n) is 6.44. The summed E-state index contributed by atoms with van der Waals surface area (Å²) < 4.78 is 0. The van der Waals surface area contributed by atoms with E-state index in [-0.39, 0.29) is 11.8 Å². The predicted molar refractivity (Wildman–Crippen MR) is 104 cm³/mol. The van der Waals surface area contributed by atoms with Crippen LogP contribution < -0.4 is 22.1 Å². The number of carbonyl (C=O) groups excluding carboxylic acids is 2. The maximum Gasteiger partial charge on any atom is 0.242 e. The van der Waals surface area contributed by atoms with Crippen LogP contribution in [0.3, 0.4) is 0 Å². The number of amides is 2. The Balaban J connectivity index is 1.74. The van der Waals surface area contributed by atoms with E-state index in [0.717, 1.165) is 16.8 Å². The molecule has 2 atom stereocenters. The number of nitrogens with two attached hydrogens (primary N) is 2. The summed E-state index contributed by atoms with van der Waals surface area (Å²) in [7, 11) is 0. The summed E-state index contributed by atoms with van der Waals surface area (Å²) >= 11 is 0. The van der Waals surface area contributed by atoms with Crippen molar-refractivity contribution in [1.29, 1.82) is 0 Å². The van der Waals surface area contributed by atoms with Crippen LogP contribution in [0.5, 0.6) is 0 Å². The van der Waals surface area contributed by atoms with Crippen molar-refractivity contribution in [3.8, 4) is 0 Å². The molecule has 1 heterocycles. The van der Waals surface area contributed by atoms with Crippen molar-refractivity contribution in [3.05, 3.63) is 65.5 Å². The number of nitrogens with zero attached hydrogens (tertiary/aromatic N) is 1. The summed E-state index contributed by atoms with van der Waals surface area (Å²) in [5.41, 5.74) is 14.2. The molecule has 2 amide bonds. The molecule has 7 heteroatoms. The van der Waals surface area contributed by atoms with Gasteiger partial charge in [-0.1, -0.05) is 36.4 Å². The molecule has 0 saturated carbocycles. The molecule has 6 N–H and O–H groups in total. The van der Waals surface area contributed by atoms with E-state index in [9.17, 15) is 9.59 Å². The van der Waals surface area contributed by atoms with Crippen molar-refractivity contribution < 1.29 is 9.59 Å². The van der Waals surface area contributed by atoms with E-state index < -0.39 is 12.1 Å². The van der Waals surface area contributed by atoms with Crippen molar-refractivity contribution >= 4 is 11.8 Å². The molecule has 1 aromatic carbocycles. The fourth-order valence-electron chi connectivity index (χ4n) is 2.51. The van der Waals surface area contributed by atoms with Gasteiger partial charge in [-0.15, -0.1) is 0 Å². The Bertz CT molecular complexity index is 734. The molecule has 0 spiro atoms. The predicted octanol–water partition coefficient (Wildman–Crippen LogP) is 0.621. The largest absolute Gasteiger partial charge is 0.350 e. The smallest absolute Gasteiger partial charge is 0.242 e. The Morgan fingerprint density at radius 2 is 1.81 bits per heavy atom. The molecule has 7 nitrogen and oxygen atoms in total. The normalized spacial score (nSPS) is 12.9. The Kier molecular flexibility index (Phi) is 7.91. The van der Waals surface area contributed by atoms with E-state index >= 15 is 0 Å². The molecule has 0 radical (unpaired) electrons. The lowest BCUT2D eigenvalue weighted by Gasteiger charge is -2.17. The minimum Gasteiger partial charge on any atom is -0.350 e. The van der Waals surface area contributed by atoms with Gasteiger partial charge in [0.15, 0.2) is 0 Å². The minimum absolute atomic E-state index is 0.276. The lowest BCUT2D eigenvalue weighted by molar-refractivity contribution is -0.129. The van der Waals surface area contributed by atoms with E-state index in [2.05, 4.69) is 15.6 Å². The Morgan fingerprint density at radius 1 is 1.07 bits per heavy atom. The van der Waals surface area contributed by atoms with Crippen LogP contribution in [0, 0.1) is 0 Å². The summed E-state index contributed by atoms with van der Waals surface area (Å²) in [6.07, 6.45) is 2.90. The lowest BCUT2D eigenvalue weighted by Crippen LogP contribution is -2.50. The Morgan fingerprint density at radius 3 is 2.44 bits per heavy atom. The molecular weight excluding hydrogens is 342 g/mol. The SMILES string of the molecule is C[C@H](NC(=O)[C@H](N)CCc1ccccc1)C(=O)NCc1ccc(CN)nc1. The molecular formula is C20H27N5O2. The van der Waals surface area contributed by atoms with Crippen LogP contribution in [0.4, 0.5) is 0 Å². The summed E-state index contributed by atoms with van der Waals surface area (Å²) in [5, 5.41) is 5.43. The van der Waals surface area contributed by atoms with E-state index in [4.69, 9.17) is 11.5 Å². The highest BCUT2D eigenvalue weighted by Gasteiger charge is 2.19. The van der Waals surface area contributed by atoms with Gasteiger partial charge in [0, 0.05) is 19.3 Å². The molecule has 0 aliphatic heterocycles. The van der Waals surface area contributed by atoms with Crippen molar-refractivity contribution in [1.82, 2.24) is 15.6 Å². The average molecular weight is 369 g/mol. The zero-order valence-electron chi connectivity index (χ0n) is 15.5. The van der Waals surface area contributed by atoms with Gasteiger partial charge < -0.3 is 22.1 Å². The van der Waals surface area contributed by atoms with Gasteiger partial charge in [-0.05, 0) is 37.0 Å². The number of pyridine rings is 1. The van der Waals surface area contributed by atoms with Crippen molar-refractivity contribution in [2.24, 2.45) is 11.5 Å². The average Bonchev–Trinajstić information content (AvgIpc) is 2.71. The summed E-state index contributed by atoms with van der Waals surface area (Å²) in [5.74, 6) is -0.607. The minimum atomic E-state index is -0.670. The fraction of sp³-hybridized carbons (Fsp3) is 0.350. The lowest BCUT2D eigenvalue weighted by atomic mass is 10.1. The number of hydrogen-bond acceptors (Lipinski definition) is 5. The number of benzene rings is 1. The number of aromatic nitrogens is 1. The van der Waals surface area contributed by atoms with Gasteiger partial charge in [-0.3, -0.25) is 14.6 Å². The van der Waals surface area contributed by atoms with Gasteiger partial charge in [0.2, 0.25) is 11.8 Å². The molecule has 2 rings (SSSR count). The van der Waals surface area contributed by atoms with Gasteiger partial charge in [0.25, 0.3) is 0 Å².